The molecule has 2 heterocycles. The van der Waals surface area contributed by atoms with Gasteiger partial charge in [-0.3, -0.25) is 4.68 Å². The first-order valence-corrected chi connectivity index (χ1v) is 7.99. The quantitative estimate of drug-likeness (QED) is 0.668. The molecule has 0 unspecified atom stereocenters. The fourth-order valence-corrected chi connectivity index (χ4v) is 3.17. The topological polar surface area (TPSA) is 54.5 Å². The van der Waals surface area contributed by atoms with Crippen LogP contribution in [0.15, 0.2) is 35.7 Å². The average Bonchev–Trinajstić information content (AvgIpc) is 3.12. The molecule has 0 amide bonds. The predicted octanol–water partition coefficient (Wildman–Crippen LogP) is 4.32. The average molecular weight is 389 g/mol. The van der Waals surface area contributed by atoms with Crippen LogP contribution in [0.3, 0.4) is 0 Å². The molecule has 0 aliphatic carbocycles. The lowest BCUT2D eigenvalue weighted by molar-refractivity contribution is 0.593. The van der Waals surface area contributed by atoms with Gasteiger partial charge in [0.25, 0.3) is 0 Å². The van der Waals surface area contributed by atoms with Crippen LogP contribution in [0.2, 0.25) is 0 Å². The molecule has 6 heteroatoms. The van der Waals surface area contributed by atoms with E-state index in [9.17, 15) is 0 Å². The Hall–Kier alpha value is -1.97. The molecule has 0 spiro atoms. The minimum Gasteiger partial charge on any atom is -0.269 e. The second-order valence-corrected chi connectivity index (χ2v) is 6.16. The third-order valence-electron chi connectivity index (χ3n) is 3.50. The van der Waals surface area contributed by atoms with Crippen LogP contribution < -0.4 is 0 Å². The van der Waals surface area contributed by atoms with E-state index in [-0.39, 0.29) is 17.0 Å². The van der Waals surface area contributed by atoms with E-state index in [2.05, 4.69) is 34.5 Å². The SMILES string of the molecule is Br.Cc1cc(C)n(CCc2nc(-c3ccc(C#N)cc3)cs2)n1. The maximum Gasteiger partial charge on any atom is 0.0991 e. The molecule has 0 N–H and O–H groups in total. The third-order valence-corrected chi connectivity index (χ3v) is 4.41. The fourth-order valence-electron chi connectivity index (χ4n) is 2.38. The Morgan fingerprint density at radius 1 is 1.22 bits per heavy atom. The molecule has 2 aromatic heterocycles. The Labute approximate surface area is 150 Å². The zero-order chi connectivity index (χ0) is 15.5. The van der Waals surface area contributed by atoms with Crippen molar-refractivity contribution in [3.05, 3.63) is 57.7 Å². The van der Waals surface area contributed by atoms with Gasteiger partial charge in [-0.25, -0.2) is 4.98 Å². The molecular weight excluding hydrogens is 372 g/mol. The zero-order valence-corrected chi connectivity index (χ0v) is 15.5. The molecule has 118 valence electrons. The minimum atomic E-state index is 0. The number of aromatic nitrogens is 3. The van der Waals surface area contributed by atoms with Gasteiger partial charge in [0, 0.05) is 29.6 Å². The van der Waals surface area contributed by atoms with E-state index in [1.54, 1.807) is 11.3 Å². The highest BCUT2D eigenvalue weighted by Crippen LogP contribution is 2.22. The minimum absolute atomic E-state index is 0. The lowest BCUT2D eigenvalue weighted by atomic mass is 10.1. The number of thiazole rings is 1. The van der Waals surface area contributed by atoms with Crippen LogP contribution in [0, 0.1) is 25.2 Å². The summed E-state index contributed by atoms with van der Waals surface area (Å²) < 4.78 is 2.03. The monoisotopic (exact) mass is 388 g/mol. The highest BCUT2D eigenvalue weighted by atomic mass is 79.9. The Kier molecular flexibility index (Phi) is 5.69. The molecule has 23 heavy (non-hydrogen) atoms. The number of nitrogens with zero attached hydrogens (tertiary/aromatic N) is 4. The van der Waals surface area contributed by atoms with Gasteiger partial charge in [-0.1, -0.05) is 12.1 Å². The van der Waals surface area contributed by atoms with E-state index >= 15 is 0 Å². The van der Waals surface area contributed by atoms with E-state index in [4.69, 9.17) is 5.26 Å². The summed E-state index contributed by atoms with van der Waals surface area (Å²) in [4.78, 5) is 4.68. The Balaban J connectivity index is 0.00000192. The Bertz CT molecular complexity index is 827. The summed E-state index contributed by atoms with van der Waals surface area (Å²) >= 11 is 1.67. The first kappa shape index (κ1) is 17.4. The highest BCUT2D eigenvalue weighted by molar-refractivity contribution is 8.93. The molecule has 0 aliphatic rings. The number of hydrogen-bond acceptors (Lipinski definition) is 4. The van der Waals surface area contributed by atoms with Crippen LogP contribution in [-0.4, -0.2) is 14.8 Å². The third kappa shape index (κ3) is 4.06. The number of halogens is 1. The summed E-state index contributed by atoms with van der Waals surface area (Å²) in [5.41, 5.74) is 4.92. The second-order valence-electron chi connectivity index (χ2n) is 5.22. The predicted molar refractivity (Wildman–Crippen MR) is 98.0 cm³/mol. The molecule has 0 saturated heterocycles. The van der Waals surface area contributed by atoms with Crippen LogP contribution >= 0.6 is 28.3 Å². The maximum atomic E-state index is 8.83. The molecule has 0 bridgehead atoms. The molecule has 0 radical (unpaired) electrons. The van der Waals surface area contributed by atoms with Crippen LogP contribution in [0.25, 0.3) is 11.3 Å². The highest BCUT2D eigenvalue weighted by Gasteiger charge is 2.07. The van der Waals surface area contributed by atoms with Crippen molar-refractivity contribution in [2.75, 3.05) is 0 Å². The molecule has 0 aliphatic heterocycles. The van der Waals surface area contributed by atoms with Crippen molar-refractivity contribution in [2.45, 2.75) is 26.8 Å². The van der Waals surface area contributed by atoms with E-state index in [1.807, 2.05) is 35.9 Å². The van der Waals surface area contributed by atoms with Crippen molar-refractivity contribution < 1.29 is 0 Å². The standard InChI is InChI=1S/C17H16N4S.BrH/c1-12-9-13(2)21(20-12)8-7-17-19-16(11-22-17)15-5-3-14(10-18)4-6-15;/h3-6,9,11H,7-8H2,1-2H3;1H. The maximum absolute atomic E-state index is 8.83. The first-order chi connectivity index (χ1) is 10.7. The van der Waals surface area contributed by atoms with Crippen molar-refractivity contribution in [1.82, 2.24) is 14.8 Å². The number of nitriles is 1. The molecule has 3 aromatic rings. The van der Waals surface area contributed by atoms with E-state index in [0.29, 0.717) is 5.56 Å². The van der Waals surface area contributed by atoms with Gasteiger partial charge >= 0.3 is 0 Å². The van der Waals surface area contributed by atoms with Crippen LogP contribution in [0.1, 0.15) is 22.0 Å². The number of rotatable bonds is 4. The lowest BCUT2D eigenvalue weighted by Gasteiger charge is -2.02. The smallest absolute Gasteiger partial charge is 0.0991 e. The van der Waals surface area contributed by atoms with E-state index in [1.165, 1.54) is 5.69 Å². The number of aryl methyl sites for hydroxylation is 4. The van der Waals surface area contributed by atoms with Gasteiger partial charge in [0.2, 0.25) is 0 Å². The number of benzene rings is 1. The van der Waals surface area contributed by atoms with Crippen molar-refractivity contribution in [3.63, 3.8) is 0 Å². The lowest BCUT2D eigenvalue weighted by Crippen LogP contribution is -2.05. The van der Waals surface area contributed by atoms with Crippen LogP contribution in [0.5, 0.6) is 0 Å². The summed E-state index contributed by atoms with van der Waals surface area (Å²) in [6.07, 6.45) is 0.878. The Morgan fingerprint density at radius 3 is 2.57 bits per heavy atom. The molecule has 0 saturated carbocycles. The summed E-state index contributed by atoms with van der Waals surface area (Å²) in [6.45, 7) is 4.93. The van der Waals surface area contributed by atoms with Gasteiger partial charge in [-0.2, -0.15) is 10.4 Å². The molecule has 0 atom stereocenters. The molecule has 4 nitrogen and oxygen atoms in total. The number of hydrogen-bond donors (Lipinski definition) is 0. The summed E-state index contributed by atoms with van der Waals surface area (Å²) in [6, 6.07) is 11.7. The molecular formula is C17H17BrN4S. The molecule has 0 fully saturated rings. The van der Waals surface area contributed by atoms with Crippen molar-refractivity contribution in [2.24, 2.45) is 0 Å². The Morgan fingerprint density at radius 2 is 1.96 bits per heavy atom. The summed E-state index contributed by atoms with van der Waals surface area (Å²) in [5, 5.41) is 16.5. The van der Waals surface area contributed by atoms with Gasteiger partial charge in [-0.05, 0) is 32.0 Å². The largest absolute Gasteiger partial charge is 0.269 e. The van der Waals surface area contributed by atoms with Gasteiger partial charge in [-0.15, -0.1) is 28.3 Å². The van der Waals surface area contributed by atoms with Crippen LogP contribution in [-0.2, 0) is 13.0 Å². The van der Waals surface area contributed by atoms with Gasteiger partial charge in [0.05, 0.1) is 28.0 Å². The van der Waals surface area contributed by atoms with Crippen molar-refractivity contribution in [1.29, 1.82) is 5.26 Å². The van der Waals surface area contributed by atoms with Gasteiger partial charge < -0.3 is 0 Å². The van der Waals surface area contributed by atoms with E-state index in [0.717, 1.165) is 34.9 Å². The van der Waals surface area contributed by atoms with Crippen LogP contribution in [0.4, 0.5) is 0 Å². The van der Waals surface area contributed by atoms with Gasteiger partial charge in [0.15, 0.2) is 0 Å². The van der Waals surface area contributed by atoms with Crippen molar-refractivity contribution >= 4 is 28.3 Å². The first-order valence-electron chi connectivity index (χ1n) is 7.12. The van der Waals surface area contributed by atoms with E-state index < -0.39 is 0 Å². The summed E-state index contributed by atoms with van der Waals surface area (Å²) in [7, 11) is 0. The molecule has 1 aromatic carbocycles. The zero-order valence-electron chi connectivity index (χ0n) is 13.0. The second kappa shape index (κ2) is 7.53. The normalized spacial score (nSPS) is 10.1. The van der Waals surface area contributed by atoms with Crippen molar-refractivity contribution in [3.8, 4) is 17.3 Å². The van der Waals surface area contributed by atoms with Gasteiger partial charge in [0.1, 0.15) is 0 Å². The molecule has 3 rings (SSSR count). The fraction of sp³-hybridized carbons (Fsp3) is 0.235. The summed E-state index contributed by atoms with van der Waals surface area (Å²) in [5.74, 6) is 0.